The van der Waals surface area contributed by atoms with Crippen LogP contribution in [0.1, 0.15) is 12.5 Å². The number of aromatic nitrogens is 3. The van der Waals surface area contributed by atoms with Gasteiger partial charge in [0, 0.05) is 11.6 Å². The maximum atomic E-state index is 6.15. The molecule has 0 bridgehead atoms. The first-order valence-electron chi connectivity index (χ1n) is 7.92. The first-order valence-corrected chi connectivity index (χ1v) is 8.30. The van der Waals surface area contributed by atoms with Gasteiger partial charge in [-0.05, 0) is 30.7 Å². The second kappa shape index (κ2) is 8.30. The molecule has 25 heavy (non-hydrogen) atoms. The second-order valence-corrected chi connectivity index (χ2v) is 5.57. The number of halogens is 1. The Morgan fingerprint density at radius 1 is 1.08 bits per heavy atom. The largest absolute Gasteiger partial charge is 0.492 e. The second-order valence-electron chi connectivity index (χ2n) is 5.16. The smallest absolute Gasteiger partial charge is 0.244 e. The number of rotatable bonds is 7. The lowest BCUT2D eigenvalue weighted by Crippen LogP contribution is -2.07. The normalized spacial score (nSPS) is 10.3. The van der Waals surface area contributed by atoms with Crippen LogP contribution in [0.15, 0.2) is 54.7 Å². The molecule has 0 spiro atoms. The summed E-state index contributed by atoms with van der Waals surface area (Å²) in [5.74, 6) is 1.75. The van der Waals surface area contributed by atoms with Crippen LogP contribution in [0.25, 0.3) is 0 Å². The Bertz CT molecular complexity index is 843. The summed E-state index contributed by atoms with van der Waals surface area (Å²) in [5.41, 5.74) is 1.79. The van der Waals surface area contributed by atoms with Crippen LogP contribution in [-0.4, -0.2) is 21.8 Å². The van der Waals surface area contributed by atoms with Gasteiger partial charge in [-0.15, -0.1) is 5.10 Å². The molecule has 0 aliphatic rings. The molecule has 2 N–H and O–H groups in total. The monoisotopic (exact) mass is 355 g/mol. The van der Waals surface area contributed by atoms with Gasteiger partial charge in [0.2, 0.25) is 5.95 Å². The number of benzene rings is 2. The highest BCUT2D eigenvalue weighted by Gasteiger charge is 2.06. The molecule has 0 saturated carbocycles. The van der Waals surface area contributed by atoms with E-state index >= 15 is 0 Å². The number of nitrogens with zero attached hydrogens (tertiary/aromatic N) is 3. The van der Waals surface area contributed by atoms with Gasteiger partial charge in [0.15, 0.2) is 5.82 Å². The minimum Gasteiger partial charge on any atom is -0.492 e. The average molecular weight is 356 g/mol. The van der Waals surface area contributed by atoms with Gasteiger partial charge >= 0.3 is 0 Å². The van der Waals surface area contributed by atoms with Gasteiger partial charge in [-0.25, -0.2) is 0 Å². The van der Waals surface area contributed by atoms with Crippen LogP contribution >= 0.6 is 11.6 Å². The molecular weight excluding hydrogens is 338 g/mol. The van der Waals surface area contributed by atoms with E-state index in [2.05, 4.69) is 25.8 Å². The van der Waals surface area contributed by atoms with Crippen molar-refractivity contribution in [1.29, 1.82) is 0 Å². The highest BCUT2D eigenvalue weighted by atomic mass is 35.5. The van der Waals surface area contributed by atoms with E-state index in [-0.39, 0.29) is 0 Å². The predicted octanol–water partition coefficient (Wildman–Crippen LogP) is 4.28. The summed E-state index contributed by atoms with van der Waals surface area (Å²) in [6.45, 7) is 3.05. The predicted molar refractivity (Wildman–Crippen MR) is 99.5 cm³/mol. The molecule has 3 rings (SSSR count). The van der Waals surface area contributed by atoms with Gasteiger partial charge in [0.05, 0.1) is 18.5 Å². The number of para-hydroxylation sites is 2. The SMILES string of the molecule is CCOc1ccccc1Nc1cnnc(NCc2ccccc2Cl)n1. The van der Waals surface area contributed by atoms with E-state index in [4.69, 9.17) is 16.3 Å². The third-order valence-corrected chi connectivity index (χ3v) is 3.77. The molecule has 0 atom stereocenters. The van der Waals surface area contributed by atoms with Crippen molar-refractivity contribution in [2.24, 2.45) is 0 Å². The summed E-state index contributed by atoms with van der Waals surface area (Å²) < 4.78 is 5.60. The van der Waals surface area contributed by atoms with E-state index < -0.39 is 0 Å². The van der Waals surface area contributed by atoms with Crippen molar-refractivity contribution in [3.05, 3.63) is 65.3 Å². The maximum Gasteiger partial charge on any atom is 0.244 e. The van der Waals surface area contributed by atoms with Crippen LogP contribution in [-0.2, 0) is 6.54 Å². The van der Waals surface area contributed by atoms with Crippen LogP contribution in [0.4, 0.5) is 17.5 Å². The Kier molecular flexibility index (Phi) is 5.64. The molecule has 2 aromatic carbocycles. The molecule has 1 aromatic heterocycles. The van der Waals surface area contributed by atoms with E-state index in [1.807, 2.05) is 55.5 Å². The van der Waals surface area contributed by atoms with E-state index in [0.717, 1.165) is 17.0 Å². The van der Waals surface area contributed by atoms with Gasteiger partial charge in [-0.1, -0.05) is 41.9 Å². The van der Waals surface area contributed by atoms with Crippen molar-refractivity contribution in [1.82, 2.24) is 15.2 Å². The highest BCUT2D eigenvalue weighted by molar-refractivity contribution is 6.31. The first kappa shape index (κ1) is 17.0. The van der Waals surface area contributed by atoms with Crippen molar-refractivity contribution >= 4 is 29.1 Å². The van der Waals surface area contributed by atoms with E-state index in [1.165, 1.54) is 0 Å². The topological polar surface area (TPSA) is 72.0 Å². The summed E-state index contributed by atoms with van der Waals surface area (Å²) in [6.07, 6.45) is 1.56. The molecule has 0 radical (unpaired) electrons. The fraction of sp³-hybridized carbons (Fsp3) is 0.167. The molecule has 6 nitrogen and oxygen atoms in total. The van der Waals surface area contributed by atoms with Crippen LogP contribution in [0, 0.1) is 0 Å². The molecule has 0 unspecified atom stereocenters. The highest BCUT2D eigenvalue weighted by Crippen LogP contribution is 2.26. The van der Waals surface area contributed by atoms with Gasteiger partial charge < -0.3 is 15.4 Å². The van der Waals surface area contributed by atoms with E-state index in [9.17, 15) is 0 Å². The Balaban J connectivity index is 1.71. The summed E-state index contributed by atoms with van der Waals surface area (Å²) in [4.78, 5) is 4.42. The number of hydrogen-bond acceptors (Lipinski definition) is 6. The zero-order valence-electron chi connectivity index (χ0n) is 13.7. The number of ether oxygens (including phenoxy) is 1. The summed E-state index contributed by atoms with van der Waals surface area (Å²) in [6, 6.07) is 15.3. The fourth-order valence-electron chi connectivity index (χ4n) is 2.24. The lowest BCUT2D eigenvalue weighted by atomic mass is 10.2. The Labute approximate surface area is 151 Å². The van der Waals surface area contributed by atoms with E-state index in [0.29, 0.717) is 29.9 Å². The van der Waals surface area contributed by atoms with Crippen molar-refractivity contribution in [2.45, 2.75) is 13.5 Å². The lowest BCUT2D eigenvalue weighted by Gasteiger charge is -2.12. The molecule has 7 heteroatoms. The minimum atomic E-state index is 0.416. The zero-order valence-corrected chi connectivity index (χ0v) is 14.5. The van der Waals surface area contributed by atoms with Crippen molar-refractivity contribution < 1.29 is 4.74 Å². The minimum absolute atomic E-state index is 0.416. The van der Waals surface area contributed by atoms with Crippen molar-refractivity contribution in [3.8, 4) is 5.75 Å². The first-order chi connectivity index (χ1) is 12.3. The standard InChI is InChI=1S/C18H18ClN5O/c1-2-25-16-10-6-5-9-15(16)22-17-12-21-24-18(23-17)20-11-13-7-3-4-8-14(13)19/h3-10,12H,2,11H2,1H3,(H2,20,22,23,24). The van der Waals surface area contributed by atoms with Crippen LogP contribution in [0.3, 0.4) is 0 Å². The maximum absolute atomic E-state index is 6.15. The Hall–Kier alpha value is -2.86. The van der Waals surface area contributed by atoms with Crippen molar-refractivity contribution in [3.63, 3.8) is 0 Å². The number of nitrogens with one attached hydrogen (secondary N) is 2. The number of anilines is 3. The quantitative estimate of drug-likeness (QED) is 0.659. The molecule has 0 saturated heterocycles. The van der Waals surface area contributed by atoms with Gasteiger partial charge in [0.1, 0.15) is 5.75 Å². The summed E-state index contributed by atoms with van der Waals surface area (Å²) in [5, 5.41) is 15.0. The molecular formula is C18H18ClN5O. The molecule has 3 aromatic rings. The third-order valence-electron chi connectivity index (χ3n) is 3.40. The Morgan fingerprint density at radius 3 is 2.72 bits per heavy atom. The third kappa shape index (κ3) is 4.58. The van der Waals surface area contributed by atoms with E-state index in [1.54, 1.807) is 6.20 Å². The summed E-state index contributed by atoms with van der Waals surface area (Å²) >= 11 is 6.15. The molecule has 0 amide bonds. The van der Waals surface area contributed by atoms with Crippen LogP contribution < -0.4 is 15.4 Å². The Morgan fingerprint density at radius 2 is 1.88 bits per heavy atom. The molecule has 0 fully saturated rings. The van der Waals surface area contributed by atoms with Gasteiger partial charge in [-0.2, -0.15) is 10.1 Å². The molecule has 0 aliphatic heterocycles. The zero-order chi connectivity index (χ0) is 17.5. The van der Waals surface area contributed by atoms with Gasteiger partial charge in [-0.3, -0.25) is 0 Å². The lowest BCUT2D eigenvalue weighted by molar-refractivity contribution is 0.342. The summed E-state index contributed by atoms with van der Waals surface area (Å²) in [7, 11) is 0. The van der Waals surface area contributed by atoms with Gasteiger partial charge in [0.25, 0.3) is 0 Å². The van der Waals surface area contributed by atoms with Crippen LogP contribution in [0.5, 0.6) is 5.75 Å². The molecule has 1 heterocycles. The fourth-order valence-corrected chi connectivity index (χ4v) is 2.45. The van der Waals surface area contributed by atoms with Crippen molar-refractivity contribution in [2.75, 3.05) is 17.2 Å². The number of hydrogen-bond donors (Lipinski definition) is 2. The average Bonchev–Trinajstić information content (AvgIpc) is 2.63. The molecule has 0 aliphatic carbocycles. The van der Waals surface area contributed by atoms with Crippen LogP contribution in [0.2, 0.25) is 5.02 Å². The molecule has 128 valence electrons.